The lowest BCUT2D eigenvalue weighted by Gasteiger charge is -2.12. The molecule has 1 unspecified atom stereocenters. The number of carboxylic acid groups (broad SMARTS) is 1. The summed E-state index contributed by atoms with van der Waals surface area (Å²) in [5.41, 5.74) is 6.41. The van der Waals surface area contributed by atoms with E-state index in [0.29, 0.717) is 11.6 Å². The Morgan fingerprint density at radius 2 is 1.93 bits per heavy atom. The van der Waals surface area contributed by atoms with Gasteiger partial charge in [-0.25, -0.2) is 0 Å². The zero-order valence-corrected chi connectivity index (χ0v) is 10.5. The number of rotatable bonds is 4. The van der Waals surface area contributed by atoms with Crippen LogP contribution in [0.3, 0.4) is 0 Å². The van der Waals surface area contributed by atoms with Gasteiger partial charge in [-0.05, 0) is 24.2 Å². The largest absolute Gasteiger partial charge is 0.481 e. The SMILES string of the molecule is Br.NCC(CC(=O)O)c1ccc(Cl)cc1. The van der Waals surface area contributed by atoms with Crippen LogP contribution in [0.15, 0.2) is 24.3 Å². The number of carbonyl (C=O) groups is 1. The van der Waals surface area contributed by atoms with Gasteiger partial charge < -0.3 is 10.8 Å². The minimum Gasteiger partial charge on any atom is -0.481 e. The van der Waals surface area contributed by atoms with E-state index in [1.807, 2.05) is 12.1 Å². The van der Waals surface area contributed by atoms with Crippen LogP contribution in [0.1, 0.15) is 17.9 Å². The first kappa shape index (κ1) is 14.4. The number of benzene rings is 1. The predicted octanol–water partition coefficient (Wildman–Crippen LogP) is 2.43. The topological polar surface area (TPSA) is 63.3 Å². The van der Waals surface area contributed by atoms with E-state index < -0.39 is 5.97 Å². The van der Waals surface area contributed by atoms with Crippen LogP contribution in [0.2, 0.25) is 5.02 Å². The van der Waals surface area contributed by atoms with Gasteiger partial charge in [0.1, 0.15) is 0 Å². The second-order valence-electron chi connectivity index (χ2n) is 3.08. The van der Waals surface area contributed by atoms with E-state index in [9.17, 15) is 4.79 Å². The molecule has 15 heavy (non-hydrogen) atoms. The Labute approximate surface area is 104 Å². The molecule has 1 atom stereocenters. The fourth-order valence-corrected chi connectivity index (χ4v) is 1.41. The van der Waals surface area contributed by atoms with E-state index in [4.69, 9.17) is 22.4 Å². The van der Waals surface area contributed by atoms with Gasteiger partial charge in [0.05, 0.1) is 6.42 Å². The van der Waals surface area contributed by atoms with Crippen molar-refractivity contribution in [1.82, 2.24) is 0 Å². The summed E-state index contributed by atoms with van der Waals surface area (Å²) in [6.45, 7) is 0.327. The molecule has 0 radical (unpaired) electrons. The first-order valence-corrected chi connectivity index (χ1v) is 4.68. The molecule has 3 N–H and O–H groups in total. The van der Waals surface area contributed by atoms with Crippen molar-refractivity contribution in [3.63, 3.8) is 0 Å². The van der Waals surface area contributed by atoms with Crippen molar-refractivity contribution in [2.75, 3.05) is 6.54 Å². The van der Waals surface area contributed by atoms with Gasteiger partial charge in [-0.15, -0.1) is 17.0 Å². The maximum Gasteiger partial charge on any atom is 0.304 e. The van der Waals surface area contributed by atoms with E-state index >= 15 is 0 Å². The molecule has 0 amide bonds. The highest BCUT2D eigenvalue weighted by molar-refractivity contribution is 8.93. The molecule has 0 aromatic heterocycles. The summed E-state index contributed by atoms with van der Waals surface area (Å²) < 4.78 is 0. The normalized spacial score (nSPS) is 11.6. The number of nitrogens with two attached hydrogens (primary N) is 1. The average Bonchev–Trinajstić information content (AvgIpc) is 2.15. The van der Waals surface area contributed by atoms with Crippen LogP contribution < -0.4 is 5.73 Å². The van der Waals surface area contributed by atoms with Gasteiger partial charge in [0.25, 0.3) is 0 Å². The minimum absolute atomic E-state index is 0. The number of hydrogen-bond acceptors (Lipinski definition) is 2. The Morgan fingerprint density at radius 3 is 2.33 bits per heavy atom. The summed E-state index contributed by atoms with van der Waals surface area (Å²) in [5.74, 6) is -0.972. The highest BCUT2D eigenvalue weighted by atomic mass is 79.9. The summed E-state index contributed by atoms with van der Waals surface area (Å²) >= 11 is 5.72. The summed E-state index contributed by atoms with van der Waals surface area (Å²) in [6, 6.07) is 7.09. The summed E-state index contributed by atoms with van der Waals surface area (Å²) in [5, 5.41) is 9.29. The Bertz CT molecular complexity index is 316. The van der Waals surface area contributed by atoms with E-state index in [2.05, 4.69) is 0 Å². The average molecular weight is 295 g/mol. The smallest absolute Gasteiger partial charge is 0.304 e. The molecular weight excluding hydrogens is 281 g/mol. The van der Waals surface area contributed by atoms with Gasteiger partial charge in [0.2, 0.25) is 0 Å². The molecule has 0 aliphatic heterocycles. The molecule has 0 fully saturated rings. The maximum atomic E-state index is 10.5. The van der Waals surface area contributed by atoms with Crippen molar-refractivity contribution in [3.8, 4) is 0 Å². The van der Waals surface area contributed by atoms with Crippen molar-refractivity contribution < 1.29 is 9.90 Å². The molecule has 0 saturated heterocycles. The highest BCUT2D eigenvalue weighted by Gasteiger charge is 2.13. The third-order valence-electron chi connectivity index (χ3n) is 2.05. The fraction of sp³-hybridized carbons (Fsp3) is 0.300. The van der Waals surface area contributed by atoms with Crippen LogP contribution in [-0.4, -0.2) is 17.6 Å². The zero-order chi connectivity index (χ0) is 10.6. The predicted molar refractivity (Wildman–Crippen MR) is 65.8 cm³/mol. The van der Waals surface area contributed by atoms with Gasteiger partial charge in [-0.2, -0.15) is 0 Å². The Kier molecular flexibility index (Phi) is 6.56. The van der Waals surface area contributed by atoms with E-state index in [0.717, 1.165) is 5.56 Å². The van der Waals surface area contributed by atoms with Crippen molar-refractivity contribution >= 4 is 34.6 Å². The highest BCUT2D eigenvalue weighted by Crippen LogP contribution is 2.20. The molecule has 0 bridgehead atoms. The number of halogens is 2. The van der Waals surface area contributed by atoms with Gasteiger partial charge in [-0.3, -0.25) is 4.79 Å². The standard InChI is InChI=1S/C10H12ClNO2.BrH/c11-9-3-1-7(2-4-9)8(6-12)5-10(13)14;/h1-4,8H,5-6,12H2,(H,13,14);1H. The molecular formula is C10H13BrClNO2. The van der Waals surface area contributed by atoms with E-state index in [1.165, 1.54) is 0 Å². The number of aliphatic carboxylic acids is 1. The summed E-state index contributed by atoms with van der Waals surface area (Å²) in [7, 11) is 0. The lowest BCUT2D eigenvalue weighted by Crippen LogP contribution is -2.16. The summed E-state index contributed by atoms with van der Waals surface area (Å²) in [6.07, 6.45) is 0.0537. The first-order chi connectivity index (χ1) is 6.63. The Morgan fingerprint density at radius 1 is 1.40 bits per heavy atom. The monoisotopic (exact) mass is 293 g/mol. The maximum absolute atomic E-state index is 10.5. The molecule has 0 spiro atoms. The van der Waals surface area contributed by atoms with Crippen molar-refractivity contribution in [2.45, 2.75) is 12.3 Å². The molecule has 0 saturated carbocycles. The molecule has 0 aliphatic rings. The van der Waals surface area contributed by atoms with Crippen LogP contribution in [0.4, 0.5) is 0 Å². The van der Waals surface area contributed by atoms with Gasteiger partial charge in [-0.1, -0.05) is 23.7 Å². The van der Waals surface area contributed by atoms with Crippen LogP contribution in [0.25, 0.3) is 0 Å². The Balaban J connectivity index is 0.00000196. The third-order valence-corrected chi connectivity index (χ3v) is 2.30. The minimum atomic E-state index is -0.838. The molecule has 0 heterocycles. The molecule has 0 aliphatic carbocycles. The Hall–Kier alpha value is -0.580. The molecule has 1 rings (SSSR count). The van der Waals surface area contributed by atoms with Gasteiger partial charge in [0, 0.05) is 10.9 Å². The third kappa shape index (κ3) is 4.64. The van der Waals surface area contributed by atoms with Crippen molar-refractivity contribution in [2.24, 2.45) is 5.73 Å². The zero-order valence-electron chi connectivity index (χ0n) is 8.02. The van der Waals surface area contributed by atoms with Crippen molar-refractivity contribution in [3.05, 3.63) is 34.9 Å². The van der Waals surface area contributed by atoms with E-state index in [1.54, 1.807) is 12.1 Å². The van der Waals surface area contributed by atoms with Crippen LogP contribution in [0.5, 0.6) is 0 Å². The second-order valence-corrected chi connectivity index (χ2v) is 3.52. The number of hydrogen-bond donors (Lipinski definition) is 2. The molecule has 1 aromatic carbocycles. The molecule has 1 aromatic rings. The molecule has 5 heteroatoms. The van der Waals surface area contributed by atoms with Crippen LogP contribution in [0, 0.1) is 0 Å². The first-order valence-electron chi connectivity index (χ1n) is 4.31. The van der Waals surface area contributed by atoms with Crippen molar-refractivity contribution in [1.29, 1.82) is 0 Å². The lowest BCUT2D eigenvalue weighted by atomic mass is 9.96. The molecule has 84 valence electrons. The van der Waals surface area contributed by atoms with E-state index in [-0.39, 0.29) is 29.3 Å². The summed E-state index contributed by atoms with van der Waals surface area (Å²) in [4.78, 5) is 10.5. The quantitative estimate of drug-likeness (QED) is 0.896. The van der Waals surface area contributed by atoms with Gasteiger partial charge in [0.15, 0.2) is 0 Å². The van der Waals surface area contributed by atoms with Gasteiger partial charge >= 0.3 is 5.97 Å². The number of carboxylic acids is 1. The second kappa shape index (κ2) is 6.82. The van der Waals surface area contributed by atoms with Crippen LogP contribution in [-0.2, 0) is 4.79 Å². The molecule has 3 nitrogen and oxygen atoms in total. The lowest BCUT2D eigenvalue weighted by molar-refractivity contribution is -0.137. The fourth-order valence-electron chi connectivity index (χ4n) is 1.28. The van der Waals surface area contributed by atoms with Crippen LogP contribution >= 0.6 is 28.6 Å².